The molecular weight excluding hydrogens is 202 g/mol. The van der Waals surface area contributed by atoms with Crippen molar-refractivity contribution in [3.63, 3.8) is 0 Å². The summed E-state index contributed by atoms with van der Waals surface area (Å²) in [7, 11) is 0. The topological polar surface area (TPSA) is 34.1 Å². The van der Waals surface area contributed by atoms with Gasteiger partial charge in [-0.1, -0.05) is 19.1 Å². The van der Waals surface area contributed by atoms with E-state index < -0.39 is 23.6 Å². The average molecular weight is 212 g/mol. The molecule has 1 aromatic carbocycles. The lowest BCUT2D eigenvalue weighted by Gasteiger charge is -2.04. The summed E-state index contributed by atoms with van der Waals surface area (Å²) in [6.45, 7) is 1.47. The van der Waals surface area contributed by atoms with E-state index in [0.29, 0.717) is 0 Å². The molecule has 0 saturated heterocycles. The van der Waals surface area contributed by atoms with Crippen LogP contribution in [0.5, 0.6) is 0 Å². The Balaban J connectivity index is 2.90. The Bertz CT molecular complexity index is 388. The summed E-state index contributed by atoms with van der Waals surface area (Å²) in [5.41, 5.74) is -0.121. The number of alkyl halides is 1. The van der Waals surface area contributed by atoms with Crippen molar-refractivity contribution in [2.45, 2.75) is 19.5 Å². The van der Waals surface area contributed by atoms with Gasteiger partial charge in [0.1, 0.15) is 5.82 Å². The Kier molecular flexibility index (Phi) is 3.66. The third-order valence-electron chi connectivity index (χ3n) is 1.97. The van der Waals surface area contributed by atoms with Crippen molar-refractivity contribution in [2.75, 3.05) is 0 Å². The third kappa shape index (κ3) is 2.68. The van der Waals surface area contributed by atoms with Gasteiger partial charge in [-0.2, -0.15) is 0 Å². The van der Waals surface area contributed by atoms with Crippen molar-refractivity contribution < 1.29 is 18.4 Å². The molecule has 0 fully saturated rings. The van der Waals surface area contributed by atoms with Crippen molar-refractivity contribution in [2.24, 2.45) is 0 Å². The minimum Gasteiger partial charge on any atom is -0.296 e. The first-order valence-corrected chi connectivity index (χ1v) is 4.52. The average Bonchev–Trinajstić information content (AvgIpc) is 2.26. The maximum Gasteiger partial charge on any atom is 0.220 e. The number of benzene rings is 1. The van der Waals surface area contributed by atoms with E-state index in [2.05, 4.69) is 0 Å². The van der Waals surface area contributed by atoms with E-state index in [1.807, 2.05) is 0 Å². The van der Waals surface area contributed by atoms with Gasteiger partial charge in [0.15, 0.2) is 5.78 Å². The third-order valence-corrected chi connectivity index (χ3v) is 1.97. The number of hydrogen-bond donors (Lipinski definition) is 0. The number of ketones is 2. The highest BCUT2D eigenvalue weighted by molar-refractivity contribution is 6.13. The van der Waals surface area contributed by atoms with Crippen LogP contribution in [0.15, 0.2) is 24.3 Å². The quantitative estimate of drug-likeness (QED) is 0.567. The van der Waals surface area contributed by atoms with Crippen molar-refractivity contribution in [3.05, 3.63) is 35.6 Å². The lowest BCUT2D eigenvalue weighted by Crippen LogP contribution is -2.25. The van der Waals surface area contributed by atoms with E-state index in [4.69, 9.17) is 0 Å². The molecule has 80 valence electrons. The highest BCUT2D eigenvalue weighted by Crippen LogP contribution is 2.10. The molecule has 0 saturated carbocycles. The predicted molar refractivity (Wildman–Crippen MR) is 50.9 cm³/mol. The number of Topliss-reactive ketones (excluding diaryl/α,β-unsaturated/α-hetero) is 2. The highest BCUT2D eigenvalue weighted by atomic mass is 19.1. The van der Waals surface area contributed by atoms with E-state index in [1.54, 1.807) is 0 Å². The molecule has 0 N–H and O–H groups in total. The van der Waals surface area contributed by atoms with Crippen LogP contribution in [0, 0.1) is 5.82 Å². The maximum absolute atomic E-state index is 13.2. The lowest BCUT2D eigenvalue weighted by molar-refractivity contribution is -0.121. The van der Waals surface area contributed by atoms with Crippen LogP contribution in [0.2, 0.25) is 0 Å². The first-order valence-electron chi connectivity index (χ1n) is 4.52. The molecule has 0 amide bonds. The molecule has 0 aliphatic carbocycles. The van der Waals surface area contributed by atoms with Gasteiger partial charge in [-0.15, -0.1) is 0 Å². The van der Waals surface area contributed by atoms with E-state index in [1.165, 1.54) is 19.1 Å². The standard InChI is InChI=1S/C11H10F2O2/c1-2-9(14)10(13)11(15)7-4-3-5-8(12)6-7/h3-6,10H,2H2,1H3. The fourth-order valence-electron chi connectivity index (χ4n) is 1.11. The molecule has 0 spiro atoms. The van der Waals surface area contributed by atoms with Crippen LogP contribution in [-0.2, 0) is 4.79 Å². The summed E-state index contributed by atoms with van der Waals surface area (Å²) in [5, 5.41) is 0. The van der Waals surface area contributed by atoms with E-state index in [0.717, 1.165) is 12.1 Å². The highest BCUT2D eigenvalue weighted by Gasteiger charge is 2.25. The van der Waals surface area contributed by atoms with Crippen molar-refractivity contribution in [3.8, 4) is 0 Å². The Morgan fingerprint density at radius 1 is 1.40 bits per heavy atom. The van der Waals surface area contributed by atoms with Crippen LogP contribution in [0.3, 0.4) is 0 Å². The van der Waals surface area contributed by atoms with Crippen molar-refractivity contribution >= 4 is 11.6 Å². The molecule has 1 aromatic rings. The smallest absolute Gasteiger partial charge is 0.220 e. The summed E-state index contributed by atoms with van der Waals surface area (Å²) in [4.78, 5) is 22.3. The van der Waals surface area contributed by atoms with Gasteiger partial charge < -0.3 is 0 Å². The summed E-state index contributed by atoms with van der Waals surface area (Å²) in [5.74, 6) is -2.40. The first kappa shape index (κ1) is 11.5. The molecule has 0 bridgehead atoms. The molecule has 0 aliphatic rings. The minimum atomic E-state index is -2.18. The first-order chi connectivity index (χ1) is 7.06. The second kappa shape index (κ2) is 4.77. The number of carbonyl (C=O) groups is 2. The SMILES string of the molecule is CCC(=O)C(F)C(=O)c1cccc(F)c1. The van der Waals surface area contributed by atoms with Crippen LogP contribution in [-0.4, -0.2) is 17.7 Å². The van der Waals surface area contributed by atoms with E-state index >= 15 is 0 Å². The Labute approximate surface area is 85.9 Å². The molecule has 0 aliphatic heterocycles. The molecule has 1 atom stereocenters. The van der Waals surface area contributed by atoms with Crippen molar-refractivity contribution in [1.29, 1.82) is 0 Å². The Hall–Kier alpha value is -1.58. The summed E-state index contributed by atoms with van der Waals surface area (Å²) in [6, 6.07) is 4.64. The zero-order valence-electron chi connectivity index (χ0n) is 8.17. The molecule has 2 nitrogen and oxygen atoms in total. The zero-order valence-corrected chi connectivity index (χ0v) is 8.17. The van der Waals surface area contributed by atoms with Gasteiger partial charge >= 0.3 is 0 Å². The van der Waals surface area contributed by atoms with Crippen LogP contribution in [0.4, 0.5) is 8.78 Å². The zero-order chi connectivity index (χ0) is 11.4. The Morgan fingerprint density at radius 2 is 2.07 bits per heavy atom. The van der Waals surface area contributed by atoms with Crippen LogP contribution < -0.4 is 0 Å². The van der Waals surface area contributed by atoms with Crippen molar-refractivity contribution in [1.82, 2.24) is 0 Å². The van der Waals surface area contributed by atoms with Gasteiger partial charge in [-0.3, -0.25) is 9.59 Å². The second-order valence-corrected chi connectivity index (χ2v) is 3.06. The van der Waals surface area contributed by atoms with Gasteiger partial charge in [0.25, 0.3) is 0 Å². The van der Waals surface area contributed by atoms with Crippen LogP contribution in [0.25, 0.3) is 0 Å². The predicted octanol–water partition coefficient (Wildman–Crippen LogP) is 2.33. The molecule has 0 aromatic heterocycles. The van der Waals surface area contributed by atoms with Gasteiger partial charge in [0, 0.05) is 12.0 Å². The molecule has 0 radical (unpaired) electrons. The number of carbonyl (C=O) groups excluding carboxylic acids is 2. The van der Waals surface area contributed by atoms with E-state index in [-0.39, 0.29) is 12.0 Å². The minimum absolute atomic E-state index is 0.0534. The molecular formula is C11H10F2O2. The molecule has 1 unspecified atom stereocenters. The molecule has 0 heterocycles. The number of halogens is 2. The normalized spacial score (nSPS) is 12.2. The van der Waals surface area contributed by atoms with Gasteiger partial charge in [0.05, 0.1) is 0 Å². The van der Waals surface area contributed by atoms with Crippen LogP contribution in [0.1, 0.15) is 23.7 Å². The molecule has 15 heavy (non-hydrogen) atoms. The van der Waals surface area contributed by atoms with Gasteiger partial charge in [-0.05, 0) is 12.1 Å². The number of hydrogen-bond acceptors (Lipinski definition) is 2. The summed E-state index contributed by atoms with van der Waals surface area (Å²) >= 11 is 0. The van der Waals surface area contributed by atoms with Gasteiger partial charge in [-0.25, -0.2) is 8.78 Å². The number of rotatable bonds is 4. The lowest BCUT2D eigenvalue weighted by atomic mass is 10.0. The molecule has 4 heteroatoms. The maximum atomic E-state index is 13.2. The largest absolute Gasteiger partial charge is 0.296 e. The summed E-state index contributed by atoms with van der Waals surface area (Å²) in [6.07, 6.45) is -2.24. The van der Waals surface area contributed by atoms with E-state index in [9.17, 15) is 18.4 Å². The monoisotopic (exact) mass is 212 g/mol. The molecule has 1 rings (SSSR count). The van der Waals surface area contributed by atoms with Gasteiger partial charge in [0.2, 0.25) is 12.0 Å². The van der Waals surface area contributed by atoms with Crippen LogP contribution >= 0.6 is 0 Å². The fourth-order valence-corrected chi connectivity index (χ4v) is 1.11. The second-order valence-electron chi connectivity index (χ2n) is 3.06. The summed E-state index contributed by atoms with van der Waals surface area (Å²) < 4.78 is 25.9. The Morgan fingerprint density at radius 3 is 2.60 bits per heavy atom. The fraction of sp³-hybridized carbons (Fsp3) is 0.273.